The summed E-state index contributed by atoms with van der Waals surface area (Å²) in [6, 6.07) is 5.68. The summed E-state index contributed by atoms with van der Waals surface area (Å²) in [6.07, 6.45) is -1.35. The van der Waals surface area contributed by atoms with Gasteiger partial charge >= 0.3 is 12.0 Å². The minimum atomic E-state index is -1.13. The van der Waals surface area contributed by atoms with E-state index < -0.39 is 24.0 Å². The number of benzene rings is 1. The van der Waals surface area contributed by atoms with E-state index in [1.165, 1.54) is 6.92 Å². The summed E-state index contributed by atoms with van der Waals surface area (Å²) < 4.78 is 4.89. The number of urea groups is 1. The summed E-state index contributed by atoms with van der Waals surface area (Å²) in [7, 11) is 0. The first-order valence-electron chi connectivity index (χ1n) is 7.50. The van der Waals surface area contributed by atoms with Crippen molar-refractivity contribution in [3.63, 3.8) is 0 Å². The highest BCUT2D eigenvalue weighted by Crippen LogP contribution is 2.10. The van der Waals surface area contributed by atoms with Crippen LogP contribution in [0.4, 0.5) is 10.5 Å². The molecule has 8 heteroatoms. The van der Waals surface area contributed by atoms with Gasteiger partial charge in [-0.05, 0) is 38.1 Å². The number of amides is 3. The van der Waals surface area contributed by atoms with Gasteiger partial charge in [0, 0.05) is 24.2 Å². The summed E-state index contributed by atoms with van der Waals surface area (Å²) in [5, 5.41) is 4.42. The second-order valence-electron chi connectivity index (χ2n) is 5.03. The molecule has 130 valence electrons. The highest BCUT2D eigenvalue weighted by Gasteiger charge is 2.20. The molecule has 1 atom stereocenters. The van der Waals surface area contributed by atoms with Gasteiger partial charge in [0.1, 0.15) is 0 Å². The first-order valence-corrected chi connectivity index (χ1v) is 7.50. The molecular weight excluding hydrogens is 314 g/mol. The van der Waals surface area contributed by atoms with E-state index in [-0.39, 0.29) is 18.6 Å². The number of anilines is 1. The molecule has 0 radical (unpaired) electrons. The Morgan fingerprint density at radius 2 is 1.75 bits per heavy atom. The standard InChI is InChI=1S/C16H21N3O5/c1-3-18-16(23)19-15(22)10(2)24-14(21)9-8-13(20)11-4-6-12(17)7-5-11/h4-7,10H,3,8-9,17H2,1-2H3,(H2,18,19,22,23). The van der Waals surface area contributed by atoms with Crippen molar-refractivity contribution in [2.24, 2.45) is 0 Å². The maximum absolute atomic E-state index is 11.9. The number of ether oxygens (including phenoxy) is 1. The fourth-order valence-corrected chi connectivity index (χ4v) is 1.76. The molecule has 0 bridgehead atoms. The summed E-state index contributed by atoms with van der Waals surface area (Å²) in [5.74, 6) is -1.66. The first-order chi connectivity index (χ1) is 11.3. The molecule has 0 aliphatic heterocycles. The number of nitrogen functional groups attached to an aromatic ring is 1. The molecule has 0 saturated carbocycles. The smallest absolute Gasteiger partial charge is 0.321 e. The molecule has 3 amide bonds. The van der Waals surface area contributed by atoms with Crippen LogP contribution >= 0.6 is 0 Å². The van der Waals surface area contributed by atoms with Gasteiger partial charge in [0.05, 0.1) is 6.42 Å². The van der Waals surface area contributed by atoms with E-state index >= 15 is 0 Å². The Labute approximate surface area is 139 Å². The molecule has 0 aromatic heterocycles. The molecule has 0 heterocycles. The predicted octanol–water partition coefficient (Wildman–Crippen LogP) is 1.01. The Bertz CT molecular complexity index is 613. The zero-order valence-corrected chi connectivity index (χ0v) is 13.6. The minimum Gasteiger partial charge on any atom is -0.453 e. The fraction of sp³-hybridized carbons (Fsp3) is 0.375. The Kier molecular flexibility index (Phi) is 7.41. The molecule has 0 spiro atoms. The van der Waals surface area contributed by atoms with Crippen LogP contribution in [0.25, 0.3) is 0 Å². The lowest BCUT2D eigenvalue weighted by Gasteiger charge is -2.12. The van der Waals surface area contributed by atoms with Gasteiger partial charge in [-0.1, -0.05) is 0 Å². The van der Waals surface area contributed by atoms with Crippen LogP contribution < -0.4 is 16.4 Å². The largest absolute Gasteiger partial charge is 0.453 e. The van der Waals surface area contributed by atoms with Crippen molar-refractivity contribution in [2.75, 3.05) is 12.3 Å². The van der Waals surface area contributed by atoms with Gasteiger partial charge in [0.15, 0.2) is 11.9 Å². The van der Waals surface area contributed by atoms with Crippen LogP contribution in [0.5, 0.6) is 0 Å². The summed E-state index contributed by atoms with van der Waals surface area (Å²) in [4.78, 5) is 46.4. The van der Waals surface area contributed by atoms with E-state index in [0.717, 1.165) is 0 Å². The minimum absolute atomic E-state index is 0.0482. The van der Waals surface area contributed by atoms with Crippen molar-refractivity contribution in [2.45, 2.75) is 32.8 Å². The van der Waals surface area contributed by atoms with Crippen molar-refractivity contribution in [1.29, 1.82) is 0 Å². The van der Waals surface area contributed by atoms with E-state index in [1.807, 2.05) is 5.32 Å². The van der Waals surface area contributed by atoms with Crippen LogP contribution in [0.2, 0.25) is 0 Å². The maximum atomic E-state index is 11.9. The number of rotatable bonds is 7. The van der Waals surface area contributed by atoms with Gasteiger partial charge in [0.2, 0.25) is 0 Å². The third kappa shape index (κ3) is 6.47. The second kappa shape index (κ2) is 9.29. The molecule has 1 rings (SSSR count). The van der Waals surface area contributed by atoms with Crippen molar-refractivity contribution in [1.82, 2.24) is 10.6 Å². The van der Waals surface area contributed by atoms with Gasteiger partial charge in [-0.2, -0.15) is 0 Å². The lowest BCUT2D eigenvalue weighted by molar-refractivity contribution is -0.154. The summed E-state index contributed by atoms with van der Waals surface area (Å²) >= 11 is 0. The number of nitrogens with one attached hydrogen (secondary N) is 2. The Balaban J connectivity index is 2.39. The molecular formula is C16H21N3O5. The molecule has 1 aromatic carbocycles. The van der Waals surface area contributed by atoms with Gasteiger partial charge in [0.25, 0.3) is 5.91 Å². The molecule has 0 saturated heterocycles. The maximum Gasteiger partial charge on any atom is 0.321 e. The number of hydrogen-bond acceptors (Lipinski definition) is 6. The van der Waals surface area contributed by atoms with Crippen LogP contribution in [-0.2, 0) is 14.3 Å². The average Bonchev–Trinajstić information content (AvgIpc) is 2.53. The number of imide groups is 1. The quantitative estimate of drug-likeness (QED) is 0.387. The Morgan fingerprint density at radius 1 is 1.12 bits per heavy atom. The van der Waals surface area contributed by atoms with Crippen LogP contribution in [0.1, 0.15) is 37.0 Å². The number of esters is 1. The lowest BCUT2D eigenvalue weighted by Crippen LogP contribution is -2.44. The zero-order chi connectivity index (χ0) is 18.1. The van der Waals surface area contributed by atoms with Gasteiger partial charge in [-0.3, -0.25) is 19.7 Å². The second-order valence-corrected chi connectivity index (χ2v) is 5.03. The normalized spacial score (nSPS) is 11.2. The van der Waals surface area contributed by atoms with E-state index in [2.05, 4.69) is 5.32 Å². The molecule has 0 fully saturated rings. The van der Waals surface area contributed by atoms with E-state index in [0.29, 0.717) is 17.8 Å². The molecule has 1 unspecified atom stereocenters. The topological polar surface area (TPSA) is 128 Å². The highest BCUT2D eigenvalue weighted by atomic mass is 16.5. The van der Waals surface area contributed by atoms with Gasteiger partial charge < -0.3 is 15.8 Å². The Morgan fingerprint density at radius 3 is 2.33 bits per heavy atom. The van der Waals surface area contributed by atoms with Crippen LogP contribution in [-0.4, -0.2) is 36.3 Å². The Hall–Kier alpha value is -2.90. The predicted molar refractivity (Wildman–Crippen MR) is 87.2 cm³/mol. The molecule has 24 heavy (non-hydrogen) atoms. The monoisotopic (exact) mass is 335 g/mol. The summed E-state index contributed by atoms with van der Waals surface area (Å²) in [5.41, 5.74) is 6.52. The van der Waals surface area contributed by atoms with Crippen molar-refractivity contribution in [3.05, 3.63) is 29.8 Å². The highest BCUT2D eigenvalue weighted by molar-refractivity contribution is 5.99. The van der Waals surface area contributed by atoms with E-state index in [4.69, 9.17) is 10.5 Å². The van der Waals surface area contributed by atoms with Gasteiger partial charge in [-0.25, -0.2) is 4.79 Å². The molecule has 1 aromatic rings. The third-order valence-electron chi connectivity index (χ3n) is 3.04. The fourth-order valence-electron chi connectivity index (χ4n) is 1.76. The number of Topliss-reactive ketones (excluding diaryl/α,β-unsaturated/α-hetero) is 1. The van der Waals surface area contributed by atoms with Crippen LogP contribution in [0.3, 0.4) is 0 Å². The number of hydrogen-bond donors (Lipinski definition) is 3. The molecule has 0 aliphatic carbocycles. The average molecular weight is 335 g/mol. The van der Waals surface area contributed by atoms with Crippen molar-refractivity contribution in [3.8, 4) is 0 Å². The number of ketones is 1. The van der Waals surface area contributed by atoms with E-state index in [9.17, 15) is 19.2 Å². The lowest BCUT2D eigenvalue weighted by atomic mass is 10.1. The molecule has 8 nitrogen and oxygen atoms in total. The third-order valence-corrected chi connectivity index (χ3v) is 3.04. The van der Waals surface area contributed by atoms with Crippen LogP contribution in [0, 0.1) is 0 Å². The van der Waals surface area contributed by atoms with Crippen molar-refractivity contribution >= 4 is 29.4 Å². The number of nitrogens with two attached hydrogens (primary N) is 1. The number of carbonyl (C=O) groups is 4. The summed E-state index contributed by atoms with van der Waals surface area (Å²) in [6.45, 7) is 3.40. The number of carbonyl (C=O) groups excluding carboxylic acids is 4. The first kappa shape index (κ1) is 19.1. The molecule has 0 aliphatic rings. The SMILES string of the molecule is CCNC(=O)NC(=O)C(C)OC(=O)CCC(=O)c1ccc(N)cc1. The van der Waals surface area contributed by atoms with Crippen molar-refractivity contribution < 1.29 is 23.9 Å². The zero-order valence-electron chi connectivity index (χ0n) is 13.6. The van der Waals surface area contributed by atoms with Gasteiger partial charge in [-0.15, -0.1) is 0 Å². The molecule has 4 N–H and O–H groups in total. The van der Waals surface area contributed by atoms with Crippen LogP contribution in [0.15, 0.2) is 24.3 Å². The van der Waals surface area contributed by atoms with E-state index in [1.54, 1.807) is 31.2 Å².